The molecule has 0 aliphatic carbocycles. The lowest BCUT2D eigenvalue weighted by molar-refractivity contribution is -0.113. The minimum Gasteiger partial charge on any atom is -0.483 e. The smallest absolute Gasteiger partial charge is 0.234 e. The number of anilines is 1. The molecule has 1 amide bonds. The second-order valence-electron chi connectivity index (χ2n) is 6.26. The molecule has 158 valence electrons. The van der Waals surface area contributed by atoms with Gasteiger partial charge in [0.05, 0.1) is 16.5 Å². The predicted octanol–water partition coefficient (Wildman–Crippen LogP) is 6.35. The molecular formula is C20H19Br2ClN4O2S. The largest absolute Gasteiger partial charge is 0.483 e. The molecule has 0 bridgehead atoms. The Labute approximate surface area is 201 Å². The van der Waals surface area contributed by atoms with Gasteiger partial charge in [-0.2, -0.15) is 0 Å². The van der Waals surface area contributed by atoms with Crippen LogP contribution in [0.4, 0.5) is 5.69 Å². The topological polar surface area (TPSA) is 69.0 Å². The highest BCUT2D eigenvalue weighted by Gasteiger charge is 2.19. The fourth-order valence-corrected chi connectivity index (χ4v) is 4.48. The van der Waals surface area contributed by atoms with Gasteiger partial charge in [-0.25, -0.2) is 0 Å². The van der Waals surface area contributed by atoms with Crippen molar-refractivity contribution in [3.05, 3.63) is 62.3 Å². The van der Waals surface area contributed by atoms with E-state index in [1.54, 1.807) is 12.1 Å². The Balaban J connectivity index is 1.63. The van der Waals surface area contributed by atoms with E-state index in [0.717, 1.165) is 14.7 Å². The molecule has 0 aliphatic rings. The molecule has 10 heteroatoms. The highest BCUT2D eigenvalue weighted by Crippen LogP contribution is 2.27. The number of nitrogens with one attached hydrogen (secondary N) is 1. The molecule has 1 heterocycles. The number of hydrogen-bond acceptors (Lipinski definition) is 5. The maximum atomic E-state index is 12.3. The lowest BCUT2D eigenvalue weighted by atomic mass is 10.3. The van der Waals surface area contributed by atoms with Crippen LogP contribution >= 0.6 is 55.2 Å². The summed E-state index contributed by atoms with van der Waals surface area (Å²) in [6, 6.07) is 12.9. The van der Waals surface area contributed by atoms with Gasteiger partial charge in [-0.15, -0.1) is 10.2 Å². The van der Waals surface area contributed by atoms with Crippen LogP contribution in [0.3, 0.4) is 0 Å². The standard InChI is InChI=1S/C20H19Br2ClN4O2S/c1-3-27-19(12(2)29-15-7-4-13(21)5-8-15)25-26-20(27)30-11-18(28)24-17-9-6-14(22)10-16(17)23/h4-10,12H,3,11H2,1-2H3,(H,24,28). The number of carbonyl (C=O) groups excluding carboxylic acids is 1. The zero-order chi connectivity index (χ0) is 21.7. The quantitative estimate of drug-likeness (QED) is 0.318. The first kappa shape index (κ1) is 23.1. The van der Waals surface area contributed by atoms with E-state index in [1.165, 1.54) is 11.8 Å². The zero-order valence-corrected chi connectivity index (χ0v) is 21.0. The number of halogens is 3. The van der Waals surface area contributed by atoms with Crippen LogP contribution in [-0.2, 0) is 11.3 Å². The average molecular weight is 575 g/mol. The van der Waals surface area contributed by atoms with E-state index in [4.69, 9.17) is 16.3 Å². The molecule has 0 radical (unpaired) electrons. The number of benzene rings is 2. The molecule has 1 N–H and O–H groups in total. The molecule has 0 aliphatic heterocycles. The normalized spacial score (nSPS) is 11.9. The Morgan fingerprint density at radius 2 is 1.90 bits per heavy atom. The first-order chi connectivity index (χ1) is 14.4. The third-order valence-corrected chi connectivity index (χ3v) is 6.39. The summed E-state index contributed by atoms with van der Waals surface area (Å²) < 4.78 is 9.78. The van der Waals surface area contributed by atoms with Crippen molar-refractivity contribution < 1.29 is 9.53 Å². The SMILES string of the molecule is CCn1c(SCC(=O)Nc2ccc(Br)cc2Cl)nnc1C(C)Oc1ccc(Br)cc1. The van der Waals surface area contributed by atoms with Gasteiger partial charge in [0.1, 0.15) is 5.75 Å². The number of aromatic nitrogens is 3. The molecule has 0 saturated heterocycles. The molecule has 0 spiro atoms. The van der Waals surface area contributed by atoms with Gasteiger partial charge in [0.2, 0.25) is 5.91 Å². The summed E-state index contributed by atoms with van der Waals surface area (Å²) in [6.07, 6.45) is -0.289. The van der Waals surface area contributed by atoms with Crippen LogP contribution in [0.15, 0.2) is 56.6 Å². The molecule has 30 heavy (non-hydrogen) atoms. The van der Waals surface area contributed by atoms with E-state index in [1.807, 2.05) is 48.7 Å². The Morgan fingerprint density at radius 3 is 2.57 bits per heavy atom. The maximum Gasteiger partial charge on any atom is 0.234 e. The van der Waals surface area contributed by atoms with E-state index in [2.05, 4.69) is 47.4 Å². The first-order valence-electron chi connectivity index (χ1n) is 9.10. The number of nitrogens with zero attached hydrogens (tertiary/aromatic N) is 3. The van der Waals surface area contributed by atoms with Crippen LogP contribution in [0.2, 0.25) is 5.02 Å². The monoisotopic (exact) mass is 572 g/mol. The summed E-state index contributed by atoms with van der Waals surface area (Å²) in [5.74, 6) is 1.47. The van der Waals surface area contributed by atoms with Gasteiger partial charge in [-0.05, 0) is 56.3 Å². The average Bonchev–Trinajstić information content (AvgIpc) is 3.13. The van der Waals surface area contributed by atoms with Crippen LogP contribution < -0.4 is 10.1 Å². The van der Waals surface area contributed by atoms with Crippen LogP contribution in [0.25, 0.3) is 0 Å². The molecular weight excluding hydrogens is 556 g/mol. The number of thioether (sulfide) groups is 1. The van der Waals surface area contributed by atoms with Crippen molar-refractivity contribution in [3.63, 3.8) is 0 Å². The van der Waals surface area contributed by atoms with Gasteiger partial charge in [-0.1, -0.05) is 55.2 Å². The molecule has 1 atom stereocenters. The third kappa shape index (κ3) is 6.00. The Hall–Kier alpha value is -1.55. The number of amides is 1. The summed E-state index contributed by atoms with van der Waals surface area (Å²) in [4.78, 5) is 12.3. The summed E-state index contributed by atoms with van der Waals surface area (Å²) in [5, 5.41) is 12.5. The zero-order valence-electron chi connectivity index (χ0n) is 16.2. The fraction of sp³-hybridized carbons (Fsp3) is 0.250. The lowest BCUT2D eigenvalue weighted by Crippen LogP contribution is -2.15. The molecule has 3 aromatic rings. The van der Waals surface area contributed by atoms with Crippen molar-refractivity contribution in [3.8, 4) is 5.75 Å². The number of carbonyl (C=O) groups is 1. The van der Waals surface area contributed by atoms with Crippen molar-refractivity contribution in [1.29, 1.82) is 0 Å². The molecule has 0 saturated carbocycles. The van der Waals surface area contributed by atoms with Crippen molar-refractivity contribution >= 4 is 66.8 Å². The highest BCUT2D eigenvalue weighted by atomic mass is 79.9. The van der Waals surface area contributed by atoms with Crippen LogP contribution in [-0.4, -0.2) is 26.4 Å². The number of ether oxygens (including phenoxy) is 1. The van der Waals surface area contributed by atoms with E-state index in [0.29, 0.717) is 28.2 Å². The summed E-state index contributed by atoms with van der Waals surface area (Å²) in [6.45, 7) is 4.60. The summed E-state index contributed by atoms with van der Waals surface area (Å²) >= 11 is 14.2. The predicted molar refractivity (Wildman–Crippen MR) is 127 cm³/mol. The van der Waals surface area contributed by atoms with E-state index >= 15 is 0 Å². The van der Waals surface area contributed by atoms with Crippen LogP contribution in [0.5, 0.6) is 5.75 Å². The van der Waals surface area contributed by atoms with Crippen molar-refractivity contribution in [2.75, 3.05) is 11.1 Å². The minimum absolute atomic E-state index is 0.171. The highest BCUT2D eigenvalue weighted by molar-refractivity contribution is 9.10. The first-order valence-corrected chi connectivity index (χ1v) is 12.0. The molecule has 2 aromatic carbocycles. The van der Waals surface area contributed by atoms with Crippen molar-refractivity contribution in [2.24, 2.45) is 0 Å². The van der Waals surface area contributed by atoms with Gasteiger partial charge in [0.15, 0.2) is 17.1 Å². The Kier molecular flexibility index (Phi) is 8.21. The van der Waals surface area contributed by atoms with E-state index in [9.17, 15) is 4.79 Å². The Morgan fingerprint density at radius 1 is 1.20 bits per heavy atom. The molecule has 0 fully saturated rings. The van der Waals surface area contributed by atoms with Crippen molar-refractivity contribution in [1.82, 2.24) is 14.8 Å². The second kappa shape index (κ2) is 10.7. The summed E-state index contributed by atoms with van der Waals surface area (Å²) in [5.41, 5.74) is 0.569. The number of rotatable bonds is 8. The minimum atomic E-state index is -0.289. The van der Waals surface area contributed by atoms with Gasteiger partial charge < -0.3 is 14.6 Å². The molecule has 1 aromatic heterocycles. The van der Waals surface area contributed by atoms with Gasteiger partial charge in [0.25, 0.3) is 0 Å². The van der Waals surface area contributed by atoms with Crippen molar-refractivity contribution in [2.45, 2.75) is 31.7 Å². The summed E-state index contributed by atoms with van der Waals surface area (Å²) in [7, 11) is 0. The molecule has 3 rings (SSSR count). The lowest BCUT2D eigenvalue weighted by Gasteiger charge is -2.15. The second-order valence-corrected chi connectivity index (χ2v) is 9.44. The Bertz CT molecular complexity index is 1030. The van der Waals surface area contributed by atoms with Gasteiger partial charge in [0, 0.05) is 15.5 Å². The van der Waals surface area contributed by atoms with Gasteiger partial charge >= 0.3 is 0 Å². The fourth-order valence-electron chi connectivity index (χ4n) is 2.68. The molecule has 6 nitrogen and oxygen atoms in total. The maximum absolute atomic E-state index is 12.3. The van der Waals surface area contributed by atoms with Crippen LogP contribution in [0.1, 0.15) is 25.8 Å². The number of hydrogen-bond donors (Lipinski definition) is 1. The van der Waals surface area contributed by atoms with E-state index in [-0.39, 0.29) is 17.8 Å². The van der Waals surface area contributed by atoms with E-state index < -0.39 is 0 Å². The van der Waals surface area contributed by atoms with Crippen LogP contribution in [0, 0.1) is 0 Å². The third-order valence-electron chi connectivity index (χ3n) is 4.09. The molecule has 1 unspecified atom stereocenters. The van der Waals surface area contributed by atoms with Gasteiger partial charge in [-0.3, -0.25) is 4.79 Å².